The summed E-state index contributed by atoms with van der Waals surface area (Å²) < 4.78 is 28.3. The average Bonchev–Trinajstić information content (AvgIpc) is 3.22. The Morgan fingerprint density at radius 2 is 2.04 bits per heavy atom. The maximum absolute atomic E-state index is 12.9. The molecule has 4 heterocycles. The predicted molar refractivity (Wildman–Crippen MR) is 179 cm³/mol. The summed E-state index contributed by atoms with van der Waals surface area (Å²) in [6, 6.07) is 1.09. The first-order chi connectivity index (χ1) is 23.1. The molecule has 2 N–H and O–H groups in total. The van der Waals surface area contributed by atoms with E-state index < -0.39 is 11.4 Å². The fourth-order valence-corrected chi connectivity index (χ4v) is 5.83. The van der Waals surface area contributed by atoms with Crippen molar-refractivity contribution >= 4 is 41.5 Å². The second kappa shape index (κ2) is 16.2. The number of hydrogen-bond donors (Lipinski definition) is 2. The van der Waals surface area contributed by atoms with E-state index in [-0.39, 0.29) is 17.1 Å². The number of halogens is 1. The molecule has 258 valence electrons. The molecule has 2 aromatic rings. The standard InChI is InChI=1S/C34H43ClN6O7/c1-22(8-10-26(24(3)35)38-33(43)39-30-17-23(2)48-40-30)47-32-25-9-11-28(44-4)29(18-27(25)36-21-37-32)46-16-5-7-31(42)41-14-6-12-34(13-15-41)19-45-20-34/h8-10,17-18,21,24H,5-7,11-16,19-20H2,1-4H3,(H2,38,39,40,43). The molecule has 3 amide bonds. The minimum absolute atomic E-state index is 0.168. The van der Waals surface area contributed by atoms with Crippen molar-refractivity contribution in [1.82, 2.24) is 25.3 Å². The van der Waals surface area contributed by atoms with Crippen LogP contribution in [0.15, 0.2) is 52.0 Å². The Labute approximate surface area is 284 Å². The number of fused-ring (bicyclic) bond motifs is 1. The molecule has 0 radical (unpaired) electrons. The van der Waals surface area contributed by atoms with Crippen molar-refractivity contribution in [3.8, 4) is 5.88 Å². The van der Waals surface area contributed by atoms with Gasteiger partial charge < -0.3 is 33.7 Å². The molecule has 5 rings (SSSR count). The monoisotopic (exact) mass is 682 g/mol. The molecule has 13 nitrogen and oxygen atoms in total. The number of likely N-dealkylation sites (tertiary alicyclic amines) is 1. The number of aryl methyl sites for hydroxylation is 1. The van der Waals surface area contributed by atoms with Crippen molar-refractivity contribution in [2.75, 3.05) is 45.3 Å². The first-order valence-electron chi connectivity index (χ1n) is 16.1. The number of carbonyl (C=O) groups excluding carboxylic acids is 2. The van der Waals surface area contributed by atoms with E-state index in [1.165, 1.54) is 6.33 Å². The fourth-order valence-electron chi connectivity index (χ4n) is 5.70. The van der Waals surface area contributed by atoms with Gasteiger partial charge in [0.25, 0.3) is 0 Å². The van der Waals surface area contributed by atoms with Crippen molar-refractivity contribution in [3.63, 3.8) is 0 Å². The van der Waals surface area contributed by atoms with Crippen LogP contribution >= 0.6 is 11.6 Å². The molecular formula is C34H43ClN6O7. The lowest BCUT2D eigenvalue weighted by molar-refractivity contribution is -0.133. The van der Waals surface area contributed by atoms with Gasteiger partial charge in [0.1, 0.15) is 23.6 Å². The number of aromatic nitrogens is 3. The predicted octanol–water partition coefficient (Wildman–Crippen LogP) is 4.04. The summed E-state index contributed by atoms with van der Waals surface area (Å²) in [5.74, 6) is 3.05. The average molecular weight is 683 g/mol. The molecule has 14 heteroatoms. The number of amides is 3. The molecule has 2 fully saturated rings. The first kappa shape index (κ1) is 35.0. The molecular weight excluding hydrogens is 640 g/mol. The molecule has 1 atom stereocenters. The zero-order valence-corrected chi connectivity index (χ0v) is 28.6. The number of ether oxygens (including phenoxy) is 4. The van der Waals surface area contributed by atoms with Crippen molar-refractivity contribution in [3.05, 3.63) is 63.8 Å². The van der Waals surface area contributed by atoms with E-state index in [1.54, 1.807) is 52.2 Å². The number of alkyl halides is 1. The highest BCUT2D eigenvalue weighted by Gasteiger charge is 2.40. The Hall–Kier alpha value is -4.36. The summed E-state index contributed by atoms with van der Waals surface area (Å²) in [6.07, 6.45) is 13.1. The molecule has 1 spiro atoms. The number of rotatable bonds is 12. The highest BCUT2D eigenvalue weighted by atomic mass is 35.5. The van der Waals surface area contributed by atoms with Crippen LogP contribution in [0.5, 0.6) is 5.88 Å². The molecule has 0 saturated carbocycles. The van der Waals surface area contributed by atoms with Gasteiger partial charge in [0, 0.05) is 49.2 Å². The smallest absolute Gasteiger partial charge is 0.324 e. The minimum Gasteiger partial charge on any atom is -0.497 e. The van der Waals surface area contributed by atoms with Gasteiger partial charge >= 0.3 is 6.03 Å². The van der Waals surface area contributed by atoms with Gasteiger partial charge in [-0.05, 0) is 58.6 Å². The van der Waals surface area contributed by atoms with E-state index in [9.17, 15) is 9.59 Å². The lowest BCUT2D eigenvalue weighted by Gasteiger charge is -2.40. The van der Waals surface area contributed by atoms with Crippen molar-refractivity contribution < 1.29 is 33.1 Å². The molecule has 0 bridgehead atoms. The summed E-state index contributed by atoms with van der Waals surface area (Å²) >= 11 is 6.32. The SMILES string of the molecule is COC1=C(OCCCC(=O)N2CCCC3(CC2)COC3)C=c2ncnc(OC(C)=CC=C(NC(=O)Nc3cc(C)on3)C(C)Cl)c2=CC1. The van der Waals surface area contributed by atoms with Crippen molar-refractivity contribution in [2.45, 2.75) is 64.7 Å². The quantitative estimate of drug-likeness (QED) is 0.145. The van der Waals surface area contributed by atoms with Gasteiger partial charge in [-0.3, -0.25) is 10.1 Å². The van der Waals surface area contributed by atoms with Crippen LogP contribution in [0.3, 0.4) is 0 Å². The zero-order valence-electron chi connectivity index (χ0n) is 27.8. The highest BCUT2D eigenvalue weighted by Crippen LogP contribution is 2.38. The second-order valence-corrected chi connectivity index (χ2v) is 12.9. The molecule has 1 aliphatic carbocycles. The van der Waals surface area contributed by atoms with Crippen LogP contribution in [-0.4, -0.2) is 77.4 Å². The van der Waals surface area contributed by atoms with E-state index >= 15 is 0 Å². The van der Waals surface area contributed by atoms with Gasteiger partial charge in [0.2, 0.25) is 11.8 Å². The zero-order chi connectivity index (χ0) is 34.1. The summed E-state index contributed by atoms with van der Waals surface area (Å²) in [7, 11) is 1.60. The topological polar surface area (TPSA) is 150 Å². The molecule has 1 unspecified atom stereocenters. The van der Waals surface area contributed by atoms with E-state index in [2.05, 4.69) is 25.8 Å². The number of methoxy groups -OCH3 is 1. The van der Waals surface area contributed by atoms with Gasteiger partial charge in [0.15, 0.2) is 11.6 Å². The van der Waals surface area contributed by atoms with Gasteiger partial charge in [-0.15, -0.1) is 11.6 Å². The van der Waals surface area contributed by atoms with Gasteiger partial charge in [-0.1, -0.05) is 11.2 Å². The van der Waals surface area contributed by atoms with Crippen LogP contribution in [0.25, 0.3) is 12.2 Å². The van der Waals surface area contributed by atoms with E-state index in [0.29, 0.717) is 71.1 Å². The molecule has 2 aromatic heterocycles. The number of nitrogens with one attached hydrogen (secondary N) is 2. The Balaban J connectivity index is 1.19. The number of anilines is 1. The fraction of sp³-hybridized carbons (Fsp3) is 0.500. The number of hydrogen-bond acceptors (Lipinski definition) is 10. The summed E-state index contributed by atoms with van der Waals surface area (Å²) in [5.41, 5.74) is 0.729. The maximum Gasteiger partial charge on any atom is 0.324 e. The maximum atomic E-state index is 12.9. The first-order valence-corrected chi connectivity index (χ1v) is 16.6. The van der Waals surface area contributed by atoms with Crippen LogP contribution in [0.2, 0.25) is 0 Å². The Bertz CT molecular complexity index is 1700. The lowest BCUT2D eigenvalue weighted by atomic mass is 9.79. The third-order valence-corrected chi connectivity index (χ3v) is 8.71. The molecule has 2 aliphatic heterocycles. The number of allylic oxidation sites excluding steroid dienone is 6. The van der Waals surface area contributed by atoms with Crippen LogP contribution in [0, 0.1) is 12.3 Å². The van der Waals surface area contributed by atoms with Crippen molar-refractivity contribution in [2.24, 2.45) is 5.41 Å². The Morgan fingerprint density at radius 3 is 2.75 bits per heavy atom. The number of carbonyl (C=O) groups is 2. The third-order valence-electron chi connectivity index (χ3n) is 8.48. The summed E-state index contributed by atoms with van der Waals surface area (Å²) in [5, 5.41) is 9.85. The molecule has 0 aromatic carbocycles. The van der Waals surface area contributed by atoms with E-state index in [4.69, 9.17) is 35.1 Å². The molecule has 3 aliphatic rings. The summed E-state index contributed by atoms with van der Waals surface area (Å²) in [4.78, 5) is 36.2. The van der Waals surface area contributed by atoms with Crippen LogP contribution in [-0.2, 0) is 19.0 Å². The number of nitrogens with zero attached hydrogens (tertiary/aromatic N) is 4. The van der Waals surface area contributed by atoms with Crippen LogP contribution in [0.4, 0.5) is 10.6 Å². The van der Waals surface area contributed by atoms with Gasteiger partial charge in [-0.2, -0.15) is 0 Å². The summed E-state index contributed by atoms with van der Waals surface area (Å²) in [6.45, 7) is 8.84. The largest absolute Gasteiger partial charge is 0.497 e. The third kappa shape index (κ3) is 9.16. The Kier molecular flexibility index (Phi) is 11.8. The van der Waals surface area contributed by atoms with E-state index in [0.717, 1.165) is 45.6 Å². The number of urea groups is 1. The van der Waals surface area contributed by atoms with Crippen LogP contribution in [0.1, 0.15) is 58.1 Å². The van der Waals surface area contributed by atoms with Gasteiger partial charge in [0.05, 0.1) is 42.9 Å². The molecule has 2 saturated heterocycles. The lowest BCUT2D eigenvalue weighted by Crippen LogP contribution is -2.43. The second-order valence-electron chi connectivity index (χ2n) is 12.2. The normalized spacial score (nSPS) is 18.3. The molecule has 48 heavy (non-hydrogen) atoms. The van der Waals surface area contributed by atoms with Gasteiger partial charge in [-0.25, -0.2) is 14.8 Å². The Morgan fingerprint density at radius 1 is 1.21 bits per heavy atom. The van der Waals surface area contributed by atoms with Crippen molar-refractivity contribution in [1.29, 1.82) is 0 Å². The van der Waals surface area contributed by atoms with Crippen LogP contribution < -0.4 is 25.9 Å². The highest BCUT2D eigenvalue weighted by molar-refractivity contribution is 6.22. The minimum atomic E-state index is -0.513. The van der Waals surface area contributed by atoms with E-state index in [1.807, 2.05) is 11.0 Å².